The highest BCUT2D eigenvalue weighted by molar-refractivity contribution is 5.72. The van der Waals surface area contributed by atoms with Crippen LogP contribution in [0, 0.1) is 0 Å². The van der Waals surface area contributed by atoms with E-state index in [0.29, 0.717) is 18.5 Å². The van der Waals surface area contributed by atoms with Gasteiger partial charge >= 0.3 is 5.97 Å². The summed E-state index contributed by atoms with van der Waals surface area (Å²) >= 11 is 0. The predicted octanol–water partition coefficient (Wildman–Crippen LogP) is 4.81. The van der Waals surface area contributed by atoms with E-state index in [0.717, 1.165) is 12.8 Å². The summed E-state index contributed by atoms with van der Waals surface area (Å²) in [5, 5.41) is 8.28. The first kappa shape index (κ1) is 30.1. The molecule has 0 bridgehead atoms. The van der Waals surface area contributed by atoms with E-state index < -0.39 is 12.0 Å². The molecule has 0 aliphatic heterocycles. The molecule has 0 aliphatic carbocycles. The molecular weight excluding hydrogens is 326 g/mol. The molecule has 0 amide bonds. The first-order chi connectivity index (χ1) is 12.2. The lowest BCUT2D eigenvalue weighted by Gasteiger charge is -2.02. The van der Waals surface area contributed by atoms with Crippen LogP contribution >= 0.6 is 0 Å². The Morgan fingerprint density at radius 2 is 1.08 bits per heavy atom. The van der Waals surface area contributed by atoms with Crippen LogP contribution in [-0.4, -0.2) is 29.2 Å². The molecule has 0 aromatic rings. The molecular formula is C21H49N3O2. The van der Waals surface area contributed by atoms with E-state index in [1.165, 1.54) is 57.8 Å². The van der Waals surface area contributed by atoms with Gasteiger partial charge in [0.1, 0.15) is 6.04 Å². The van der Waals surface area contributed by atoms with Crippen molar-refractivity contribution in [3.63, 3.8) is 0 Å². The maximum absolute atomic E-state index is 10.1. The summed E-state index contributed by atoms with van der Waals surface area (Å²) in [6.07, 6.45) is 14.2. The molecule has 160 valence electrons. The van der Waals surface area contributed by atoms with Crippen molar-refractivity contribution in [3.8, 4) is 0 Å². The maximum Gasteiger partial charge on any atom is 0.320 e. The van der Waals surface area contributed by atoms with E-state index in [4.69, 9.17) is 22.3 Å². The van der Waals surface area contributed by atoms with Crippen molar-refractivity contribution < 1.29 is 9.90 Å². The van der Waals surface area contributed by atoms with Crippen LogP contribution in [0.25, 0.3) is 0 Å². The highest BCUT2D eigenvalue weighted by Gasteiger charge is 2.08. The van der Waals surface area contributed by atoms with Gasteiger partial charge in [-0.3, -0.25) is 4.79 Å². The molecule has 0 heterocycles. The number of hydrogen-bond acceptors (Lipinski definition) is 4. The van der Waals surface area contributed by atoms with E-state index >= 15 is 0 Å². The lowest BCUT2D eigenvalue weighted by atomic mass is 10.1. The van der Waals surface area contributed by atoms with Crippen molar-refractivity contribution in [3.05, 3.63) is 0 Å². The molecule has 3 atom stereocenters. The average molecular weight is 376 g/mol. The molecule has 5 nitrogen and oxygen atoms in total. The van der Waals surface area contributed by atoms with E-state index in [1.807, 2.05) is 6.92 Å². The van der Waals surface area contributed by atoms with Crippen LogP contribution in [0.3, 0.4) is 0 Å². The molecule has 0 saturated carbocycles. The standard InChI is InChI=1S/C8H19N.C7H17N.C6H13NO2/c1-3-4-5-6-7-8(2)9;1-3-4-5-6-7(2)8;1-2-3-4-5(7)6(8)9/h8H,3-7,9H2,1-2H3;7H,3-6,8H2,1-2H3;5H,2-4,7H2,1H3,(H,8,9). The topological polar surface area (TPSA) is 115 Å². The van der Waals surface area contributed by atoms with Gasteiger partial charge in [0.05, 0.1) is 0 Å². The molecule has 0 aromatic heterocycles. The second-order valence-corrected chi connectivity index (χ2v) is 7.39. The minimum absolute atomic E-state index is 0.404. The molecule has 0 aromatic carbocycles. The Bertz CT molecular complexity index is 272. The molecule has 0 aliphatic rings. The van der Waals surface area contributed by atoms with E-state index in [1.54, 1.807) is 0 Å². The highest BCUT2D eigenvalue weighted by atomic mass is 16.4. The fourth-order valence-electron chi connectivity index (χ4n) is 2.16. The zero-order chi connectivity index (χ0) is 20.8. The third-order valence-electron chi connectivity index (χ3n) is 3.96. The minimum Gasteiger partial charge on any atom is -0.480 e. The second kappa shape index (κ2) is 24.4. The van der Waals surface area contributed by atoms with Gasteiger partial charge in [0.25, 0.3) is 0 Å². The summed E-state index contributed by atoms with van der Waals surface area (Å²) in [5.41, 5.74) is 16.3. The minimum atomic E-state index is -0.900. The average Bonchev–Trinajstić information content (AvgIpc) is 2.57. The first-order valence-corrected chi connectivity index (χ1v) is 10.7. The molecule has 0 spiro atoms. The SMILES string of the molecule is CCCCC(N)C(=O)O.CCCCCC(C)N.CCCCCCC(C)N. The Hall–Kier alpha value is -0.650. The Morgan fingerprint density at radius 1 is 0.692 bits per heavy atom. The third kappa shape index (κ3) is 34.6. The van der Waals surface area contributed by atoms with E-state index in [9.17, 15) is 4.79 Å². The van der Waals surface area contributed by atoms with Crippen molar-refractivity contribution in [2.45, 2.75) is 130 Å². The Balaban J connectivity index is -0.000000306. The lowest BCUT2D eigenvalue weighted by Crippen LogP contribution is -2.29. The summed E-state index contributed by atoms with van der Waals surface area (Å²) in [7, 11) is 0. The van der Waals surface area contributed by atoms with Crippen molar-refractivity contribution in [1.29, 1.82) is 0 Å². The molecule has 0 rings (SSSR count). The van der Waals surface area contributed by atoms with Gasteiger partial charge < -0.3 is 22.3 Å². The van der Waals surface area contributed by atoms with Crippen LogP contribution < -0.4 is 17.2 Å². The molecule has 26 heavy (non-hydrogen) atoms. The smallest absolute Gasteiger partial charge is 0.320 e. The third-order valence-corrected chi connectivity index (χ3v) is 3.96. The van der Waals surface area contributed by atoms with Crippen molar-refractivity contribution in [2.75, 3.05) is 0 Å². The Morgan fingerprint density at radius 3 is 1.42 bits per heavy atom. The van der Waals surface area contributed by atoms with E-state index in [2.05, 4.69) is 27.7 Å². The van der Waals surface area contributed by atoms with Gasteiger partial charge in [0, 0.05) is 12.1 Å². The monoisotopic (exact) mass is 375 g/mol. The fourth-order valence-corrected chi connectivity index (χ4v) is 2.16. The number of carboxylic acid groups (broad SMARTS) is 1. The summed E-state index contributed by atoms with van der Waals surface area (Å²) in [4.78, 5) is 10.1. The molecule has 7 N–H and O–H groups in total. The van der Waals surface area contributed by atoms with Crippen molar-refractivity contribution >= 4 is 5.97 Å². The summed E-state index contributed by atoms with van der Waals surface area (Å²) in [6.45, 7) is 10.6. The highest BCUT2D eigenvalue weighted by Crippen LogP contribution is 2.03. The molecule has 5 heteroatoms. The molecule has 0 saturated heterocycles. The van der Waals surface area contributed by atoms with Gasteiger partial charge in [-0.25, -0.2) is 0 Å². The van der Waals surface area contributed by atoms with Crippen LogP contribution in [0.2, 0.25) is 0 Å². The Kier molecular flexibility index (Phi) is 28.2. The van der Waals surface area contributed by atoms with Gasteiger partial charge in [-0.05, 0) is 33.1 Å². The van der Waals surface area contributed by atoms with Gasteiger partial charge in [-0.15, -0.1) is 0 Å². The van der Waals surface area contributed by atoms with Gasteiger partial charge in [-0.1, -0.05) is 78.6 Å². The summed E-state index contributed by atoms with van der Waals surface area (Å²) in [5.74, 6) is -0.900. The van der Waals surface area contributed by atoms with Gasteiger partial charge in [-0.2, -0.15) is 0 Å². The number of rotatable bonds is 13. The normalized spacial score (nSPS) is 13.5. The number of hydrogen-bond donors (Lipinski definition) is 4. The van der Waals surface area contributed by atoms with E-state index in [-0.39, 0.29) is 0 Å². The summed E-state index contributed by atoms with van der Waals surface area (Å²) < 4.78 is 0. The zero-order valence-electron chi connectivity index (χ0n) is 18.3. The number of unbranched alkanes of at least 4 members (excludes halogenated alkanes) is 6. The number of nitrogens with two attached hydrogens (primary N) is 3. The molecule has 0 radical (unpaired) electrons. The zero-order valence-corrected chi connectivity index (χ0v) is 18.3. The lowest BCUT2D eigenvalue weighted by molar-refractivity contribution is -0.138. The fraction of sp³-hybridized carbons (Fsp3) is 0.952. The van der Waals surface area contributed by atoms with Crippen LogP contribution in [0.15, 0.2) is 0 Å². The maximum atomic E-state index is 10.1. The quantitative estimate of drug-likeness (QED) is 0.345. The van der Waals surface area contributed by atoms with Crippen LogP contribution in [0.1, 0.15) is 112 Å². The first-order valence-electron chi connectivity index (χ1n) is 10.7. The van der Waals surface area contributed by atoms with Gasteiger partial charge in [0.15, 0.2) is 0 Å². The number of aliphatic carboxylic acids is 1. The van der Waals surface area contributed by atoms with Crippen molar-refractivity contribution in [1.82, 2.24) is 0 Å². The van der Waals surface area contributed by atoms with Crippen molar-refractivity contribution in [2.24, 2.45) is 17.2 Å². The number of carbonyl (C=O) groups is 1. The second-order valence-electron chi connectivity index (χ2n) is 7.39. The largest absolute Gasteiger partial charge is 0.480 e. The molecule has 0 fully saturated rings. The summed E-state index contributed by atoms with van der Waals surface area (Å²) in [6, 6.07) is 0.147. The number of carboxylic acids is 1. The van der Waals surface area contributed by atoms with Crippen LogP contribution in [0.4, 0.5) is 0 Å². The van der Waals surface area contributed by atoms with Gasteiger partial charge in [0.2, 0.25) is 0 Å². The molecule has 3 unspecified atom stereocenters. The van der Waals surface area contributed by atoms with Crippen LogP contribution in [-0.2, 0) is 4.79 Å². The Labute approximate surface area is 163 Å². The predicted molar refractivity (Wildman–Crippen MR) is 115 cm³/mol. The van der Waals surface area contributed by atoms with Crippen LogP contribution in [0.5, 0.6) is 0 Å².